The Morgan fingerprint density at radius 1 is 1.16 bits per heavy atom. The van der Waals surface area contributed by atoms with Crippen molar-refractivity contribution < 1.29 is 14.3 Å². The summed E-state index contributed by atoms with van der Waals surface area (Å²) >= 11 is 6.68. The van der Waals surface area contributed by atoms with Crippen LogP contribution in [0.1, 0.15) is 23.5 Å². The molecule has 3 N–H and O–H groups in total. The number of anilines is 4. The molecule has 0 radical (unpaired) electrons. The quantitative estimate of drug-likeness (QED) is 0.364. The zero-order valence-corrected chi connectivity index (χ0v) is 20.8. The molecule has 0 bridgehead atoms. The van der Waals surface area contributed by atoms with Crippen LogP contribution in [0.3, 0.4) is 0 Å². The second-order valence-corrected chi connectivity index (χ2v) is 9.93. The van der Waals surface area contributed by atoms with Crippen LogP contribution < -0.4 is 20.3 Å². The molecule has 37 heavy (non-hydrogen) atoms. The third-order valence-electron chi connectivity index (χ3n) is 7.63. The van der Waals surface area contributed by atoms with E-state index in [4.69, 9.17) is 21.1 Å². The SMILES string of the molecule is COc1ccc2c(c1)[C@]1(C[C@H]1c1ccc3c(Nc4ncnc(N5CCOCC5)c4Cl)n[nH]c3c1)C(=O)N2. The largest absolute Gasteiger partial charge is 0.497 e. The number of carbonyl (C=O) groups is 1. The number of rotatable bonds is 5. The Morgan fingerprint density at radius 2 is 2.03 bits per heavy atom. The van der Waals surface area contributed by atoms with Gasteiger partial charge in [0.25, 0.3) is 0 Å². The zero-order chi connectivity index (χ0) is 25.1. The van der Waals surface area contributed by atoms with Gasteiger partial charge in [0.05, 0.1) is 31.3 Å². The van der Waals surface area contributed by atoms with Crippen LogP contribution in [0.5, 0.6) is 5.75 Å². The maximum Gasteiger partial charge on any atom is 0.235 e. The van der Waals surface area contributed by atoms with Crippen LogP contribution in [-0.4, -0.2) is 59.5 Å². The average Bonchev–Trinajstić information content (AvgIpc) is 3.48. The van der Waals surface area contributed by atoms with E-state index in [-0.39, 0.29) is 11.8 Å². The third kappa shape index (κ3) is 3.43. The molecule has 1 spiro atoms. The third-order valence-corrected chi connectivity index (χ3v) is 7.98. The lowest BCUT2D eigenvalue weighted by atomic mass is 9.91. The summed E-state index contributed by atoms with van der Waals surface area (Å²) in [4.78, 5) is 23.8. The van der Waals surface area contributed by atoms with Gasteiger partial charge in [-0.1, -0.05) is 17.7 Å². The van der Waals surface area contributed by atoms with Gasteiger partial charge in [0.1, 0.15) is 17.1 Å². The number of halogens is 1. The van der Waals surface area contributed by atoms with E-state index in [0.717, 1.165) is 53.0 Å². The van der Waals surface area contributed by atoms with Crippen LogP contribution >= 0.6 is 11.6 Å². The van der Waals surface area contributed by atoms with E-state index in [2.05, 4.69) is 47.8 Å². The number of benzene rings is 2. The number of aromatic amines is 1. The van der Waals surface area contributed by atoms with Crippen LogP contribution in [-0.2, 0) is 14.9 Å². The van der Waals surface area contributed by atoms with E-state index in [1.807, 2.05) is 24.3 Å². The van der Waals surface area contributed by atoms with Gasteiger partial charge in [0.2, 0.25) is 5.91 Å². The number of ether oxygens (including phenoxy) is 2. The van der Waals surface area contributed by atoms with Gasteiger partial charge in [-0.2, -0.15) is 5.10 Å². The van der Waals surface area contributed by atoms with Crippen molar-refractivity contribution in [2.24, 2.45) is 0 Å². The summed E-state index contributed by atoms with van der Waals surface area (Å²) < 4.78 is 10.8. The van der Waals surface area contributed by atoms with E-state index in [1.54, 1.807) is 7.11 Å². The number of hydrogen-bond acceptors (Lipinski definition) is 8. The van der Waals surface area contributed by atoms with E-state index in [9.17, 15) is 4.79 Å². The molecule has 2 fully saturated rings. The molecule has 1 saturated heterocycles. The van der Waals surface area contributed by atoms with Crippen molar-refractivity contribution in [3.05, 3.63) is 58.9 Å². The lowest BCUT2D eigenvalue weighted by molar-refractivity contribution is -0.118. The predicted molar refractivity (Wildman–Crippen MR) is 140 cm³/mol. The molecule has 10 nitrogen and oxygen atoms in total. The molecule has 2 aromatic heterocycles. The number of amides is 1. The maximum atomic E-state index is 13.0. The topological polar surface area (TPSA) is 117 Å². The smallest absolute Gasteiger partial charge is 0.235 e. The molecular weight excluding hydrogens is 494 g/mol. The summed E-state index contributed by atoms with van der Waals surface area (Å²) in [6, 6.07) is 11.9. The Kier molecular flexibility index (Phi) is 5.02. The van der Waals surface area contributed by atoms with Gasteiger partial charge >= 0.3 is 0 Å². The number of nitrogens with zero attached hydrogens (tertiary/aromatic N) is 4. The summed E-state index contributed by atoms with van der Waals surface area (Å²) in [7, 11) is 1.64. The van der Waals surface area contributed by atoms with Crippen LogP contribution in [0, 0.1) is 0 Å². The van der Waals surface area contributed by atoms with Gasteiger partial charge in [0.15, 0.2) is 17.5 Å². The Balaban J connectivity index is 1.17. The molecule has 4 aromatic rings. The van der Waals surface area contributed by atoms with E-state index >= 15 is 0 Å². The monoisotopic (exact) mass is 517 g/mol. The zero-order valence-electron chi connectivity index (χ0n) is 20.0. The second kappa shape index (κ2) is 8.32. The van der Waals surface area contributed by atoms with Gasteiger partial charge in [-0.25, -0.2) is 9.97 Å². The van der Waals surface area contributed by atoms with Crippen molar-refractivity contribution >= 4 is 51.6 Å². The van der Waals surface area contributed by atoms with Crippen molar-refractivity contribution in [2.45, 2.75) is 17.8 Å². The highest BCUT2D eigenvalue weighted by atomic mass is 35.5. The number of aromatic nitrogens is 4. The number of carbonyl (C=O) groups excluding carboxylic acids is 1. The first-order valence-corrected chi connectivity index (χ1v) is 12.5. The minimum Gasteiger partial charge on any atom is -0.497 e. The van der Waals surface area contributed by atoms with Crippen molar-refractivity contribution in [3.63, 3.8) is 0 Å². The number of hydrogen-bond donors (Lipinski definition) is 3. The highest BCUT2D eigenvalue weighted by molar-refractivity contribution is 6.35. The standard InChI is InChI=1S/C26H24ClN7O3/c1-36-15-3-5-19-17(11-15)26(25(35)30-19)12-18(26)14-2-4-16-20(10-14)32-33-22(16)31-23-21(27)24(29-13-28-23)34-6-8-37-9-7-34/h2-5,10-11,13,18H,6-9,12H2,1H3,(H,30,35)(H2,28,29,31,32,33)/t18-,26-/m0/s1. The molecule has 11 heteroatoms. The lowest BCUT2D eigenvalue weighted by Gasteiger charge is -2.28. The van der Waals surface area contributed by atoms with Crippen LogP contribution in [0.15, 0.2) is 42.7 Å². The van der Waals surface area contributed by atoms with Crippen LogP contribution in [0.25, 0.3) is 10.9 Å². The predicted octanol–water partition coefficient (Wildman–Crippen LogP) is 3.97. The van der Waals surface area contributed by atoms with Crippen LogP contribution in [0.2, 0.25) is 5.02 Å². The van der Waals surface area contributed by atoms with Gasteiger partial charge in [-0.15, -0.1) is 0 Å². The Labute approximate surface area is 217 Å². The first kappa shape index (κ1) is 22.3. The van der Waals surface area contributed by atoms with Gasteiger partial charge in [-0.3, -0.25) is 9.89 Å². The lowest BCUT2D eigenvalue weighted by Crippen LogP contribution is -2.37. The fourth-order valence-corrected chi connectivity index (χ4v) is 5.87. The summed E-state index contributed by atoms with van der Waals surface area (Å²) in [5, 5.41) is 15.2. The molecular formula is C26H24ClN7O3. The number of morpholine rings is 1. The van der Waals surface area contributed by atoms with Crippen molar-refractivity contribution in [2.75, 3.05) is 48.9 Å². The molecule has 2 aromatic carbocycles. The van der Waals surface area contributed by atoms with Crippen molar-refractivity contribution in [1.82, 2.24) is 20.2 Å². The van der Waals surface area contributed by atoms with Crippen LogP contribution in [0.4, 0.5) is 23.1 Å². The fraction of sp³-hybridized carbons (Fsp3) is 0.308. The Morgan fingerprint density at radius 3 is 2.86 bits per heavy atom. The van der Waals surface area contributed by atoms with Crippen molar-refractivity contribution in [1.29, 1.82) is 0 Å². The molecule has 2 atom stereocenters. The number of nitrogens with one attached hydrogen (secondary N) is 3. The fourth-order valence-electron chi connectivity index (χ4n) is 5.60. The first-order chi connectivity index (χ1) is 18.1. The number of H-pyrrole nitrogens is 1. The van der Waals surface area contributed by atoms with Gasteiger partial charge in [0, 0.05) is 30.1 Å². The van der Waals surface area contributed by atoms with E-state index in [1.165, 1.54) is 6.33 Å². The number of fused-ring (bicyclic) bond motifs is 3. The molecule has 0 unspecified atom stereocenters. The minimum absolute atomic E-state index is 0.0438. The molecule has 3 aliphatic rings. The normalized spacial score (nSPS) is 22.3. The van der Waals surface area contributed by atoms with E-state index in [0.29, 0.717) is 35.7 Å². The van der Waals surface area contributed by atoms with Gasteiger partial charge in [-0.05, 0) is 47.9 Å². The van der Waals surface area contributed by atoms with Gasteiger partial charge < -0.3 is 25.0 Å². The number of methoxy groups -OCH3 is 1. The Bertz CT molecular complexity index is 1550. The summed E-state index contributed by atoms with van der Waals surface area (Å²) in [6.45, 7) is 2.72. The molecule has 1 saturated carbocycles. The minimum atomic E-state index is -0.553. The summed E-state index contributed by atoms with van der Waals surface area (Å²) in [5.74, 6) is 2.66. The molecule has 1 aliphatic carbocycles. The molecule has 188 valence electrons. The first-order valence-electron chi connectivity index (χ1n) is 12.2. The molecule has 2 aliphatic heterocycles. The van der Waals surface area contributed by atoms with Crippen molar-refractivity contribution in [3.8, 4) is 5.75 Å². The molecule has 1 amide bonds. The highest BCUT2D eigenvalue weighted by Gasteiger charge is 2.65. The van der Waals surface area contributed by atoms with E-state index < -0.39 is 5.41 Å². The maximum absolute atomic E-state index is 13.0. The second-order valence-electron chi connectivity index (χ2n) is 9.56. The summed E-state index contributed by atoms with van der Waals surface area (Å²) in [5.41, 5.74) is 3.26. The molecule has 4 heterocycles. The summed E-state index contributed by atoms with van der Waals surface area (Å²) in [6.07, 6.45) is 2.25. The highest BCUT2D eigenvalue weighted by Crippen LogP contribution is 2.65. The molecule has 7 rings (SSSR count). The Hall–Kier alpha value is -3.89. The average molecular weight is 518 g/mol.